The van der Waals surface area contributed by atoms with Crippen LogP contribution < -0.4 is 9.16 Å². The number of methoxy groups -OCH3 is 2. The molecule has 14 heteroatoms. The number of amides is 2. The lowest BCUT2D eigenvalue weighted by Crippen LogP contribution is -2.43. The lowest BCUT2D eigenvalue weighted by Gasteiger charge is -2.36. The second-order valence-electron chi connectivity index (χ2n) is 13.8. The normalized spacial score (nSPS) is 12.3. The Morgan fingerprint density at radius 3 is 1.81 bits per heavy atom. The van der Waals surface area contributed by atoms with Gasteiger partial charge in [-0.2, -0.15) is 4.98 Å². The third kappa shape index (κ3) is 11.8. The van der Waals surface area contributed by atoms with Gasteiger partial charge in [0, 0.05) is 12.1 Å². The van der Waals surface area contributed by atoms with Crippen LogP contribution >= 0.6 is 0 Å². The molecule has 0 aliphatic heterocycles. The summed E-state index contributed by atoms with van der Waals surface area (Å²) in [6, 6.07) is 23.9. The van der Waals surface area contributed by atoms with Gasteiger partial charge < -0.3 is 33.2 Å². The van der Waals surface area contributed by atoms with Gasteiger partial charge in [0.1, 0.15) is 18.0 Å². The van der Waals surface area contributed by atoms with Crippen LogP contribution in [0.3, 0.4) is 0 Å². The summed E-state index contributed by atoms with van der Waals surface area (Å²) >= 11 is 0. The second-order valence-corrected chi connectivity index (χ2v) is 18.5. The number of carboxylic acids is 1. The summed E-state index contributed by atoms with van der Waals surface area (Å²) in [6.45, 7) is 17.1. The monoisotopic (exact) mass is 748 g/mol. The molecule has 0 aliphatic rings. The number of carboxylic acid groups (broad SMARTS) is 1. The number of hydrogen-bond acceptors (Lipinski definition) is 10. The van der Waals surface area contributed by atoms with Crippen molar-refractivity contribution in [2.24, 2.45) is 0 Å². The van der Waals surface area contributed by atoms with Gasteiger partial charge in [-0.15, -0.1) is 0 Å². The molecule has 2 atom stereocenters. The number of carbonyl (C=O) groups is 3. The molecular formula is C39H52N4O9Si. The molecular weight excluding hydrogens is 697 g/mol. The number of ether oxygens (including phenoxy) is 3. The Bertz CT molecular complexity index is 1760. The SMILES string of the molecule is CCN(C(=O)OC)[C@@H](C)c1ccc(O[Si](C)(C)C(C)(C)C)cc1.COC(=O)N(CC(=O)O)[C@@H](C)c1ccc(OCc2noc(-c3ccccc3)n2)cc1. The molecule has 4 rings (SSSR count). The molecule has 286 valence electrons. The number of aromatic nitrogens is 2. The van der Waals surface area contributed by atoms with Crippen molar-refractivity contribution in [3.63, 3.8) is 0 Å². The summed E-state index contributed by atoms with van der Waals surface area (Å²) in [5.74, 6) is 1.17. The van der Waals surface area contributed by atoms with Gasteiger partial charge in [0.05, 0.1) is 26.3 Å². The molecule has 0 bridgehead atoms. The molecule has 0 radical (unpaired) electrons. The molecule has 0 saturated heterocycles. The van der Waals surface area contributed by atoms with E-state index in [4.69, 9.17) is 23.5 Å². The highest BCUT2D eigenvalue weighted by molar-refractivity contribution is 6.74. The zero-order valence-corrected chi connectivity index (χ0v) is 33.3. The first-order valence-electron chi connectivity index (χ1n) is 17.3. The van der Waals surface area contributed by atoms with Crippen molar-refractivity contribution in [1.82, 2.24) is 19.9 Å². The maximum atomic E-state index is 11.9. The Kier molecular flexibility index (Phi) is 15.0. The fraction of sp³-hybridized carbons (Fsp3) is 0.410. The third-order valence-corrected chi connectivity index (χ3v) is 13.5. The van der Waals surface area contributed by atoms with Crippen LogP contribution in [0.2, 0.25) is 18.1 Å². The minimum absolute atomic E-state index is 0.0330. The van der Waals surface area contributed by atoms with E-state index in [-0.39, 0.29) is 23.8 Å². The second kappa shape index (κ2) is 18.9. The van der Waals surface area contributed by atoms with Crippen LogP contribution in [0.5, 0.6) is 11.5 Å². The first kappa shape index (κ1) is 42.0. The number of nitrogens with zero attached hydrogens (tertiary/aromatic N) is 4. The van der Waals surface area contributed by atoms with E-state index in [0.717, 1.165) is 27.3 Å². The van der Waals surface area contributed by atoms with Gasteiger partial charge in [-0.05, 0) is 86.4 Å². The lowest BCUT2D eigenvalue weighted by atomic mass is 10.1. The highest BCUT2D eigenvalue weighted by Crippen LogP contribution is 2.37. The Morgan fingerprint density at radius 1 is 0.811 bits per heavy atom. The topological polar surface area (TPSA) is 154 Å². The Morgan fingerprint density at radius 2 is 1.32 bits per heavy atom. The fourth-order valence-corrected chi connectivity index (χ4v) is 5.96. The standard InChI is InChI=1S/C21H21N3O6.C18H31NO3Si/c1-14(24(12-19(25)26)21(27)28-2)15-8-10-17(11-9-15)29-13-18-22-20(30-23-18)16-6-4-3-5-7-16;1-9-19(17(20)21-6)14(2)15-10-12-16(13-11-15)22-23(7,8)18(3,4)5/h3-11,14H,12-13H2,1-2H3,(H,25,26);10-14H,9H2,1-8H3/t2*14-/m00/s1. The number of carbonyl (C=O) groups excluding carboxylic acids is 2. The average molecular weight is 749 g/mol. The van der Waals surface area contributed by atoms with Crippen LogP contribution in [0.1, 0.15) is 70.6 Å². The molecule has 0 saturated carbocycles. The van der Waals surface area contributed by atoms with E-state index in [9.17, 15) is 14.4 Å². The zero-order chi connectivity index (χ0) is 39.3. The highest BCUT2D eigenvalue weighted by Gasteiger charge is 2.39. The van der Waals surface area contributed by atoms with E-state index in [0.29, 0.717) is 24.0 Å². The summed E-state index contributed by atoms with van der Waals surface area (Å²) in [4.78, 5) is 41.9. The number of hydrogen-bond donors (Lipinski definition) is 1. The smallest absolute Gasteiger partial charge is 0.410 e. The van der Waals surface area contributed by atoms with E-state index >= 15 is 0 Å². The van der Waals surface area contributed by atoms with E-state index in [1.807, 2.05) is 68.4 Å². The van der Waals surface area contributed by atoms with Crippen molar-refractivity contribution >= 4 is 26.5 Å². The van der Waals surface area contributed by atoms with Crippen LogP contribution in [-0.4, -0.2) is 78.8 Å². The van der Waals surface area contributed by atoms with Gasteiger partial charge in [0.2, 0.25) is 14.1 Å². The number of benzene rings is 3. The van der Waals surface area contributed by atoms with Gasteiger partial charge >= 0.3 is 18.2 Å². The molecule has 0 aliphatic carbocycles. The maximum absolute atomic E-state index is 11.9. The molecule has 0 unspecified atom stereocenters. The van der Waals surface area contributed by atoms with Gasteiger partial charge in [-0.25, -0.2) is 9.59 Å². The molecule has 13 nitrogen and oxygen atoms in total. The van der Waals surface area contributed by atoms with Crippen LogP contribution in [0.25, 0.3) is 11.5 Å². The van der Waals surface area contributed by atoms with Crippen molar-refractivity contribution in [2.75, 3.05) is 27.3 Å². The van der Waals surface area contributed by atoms with E-state index in [2.05, 4.69) is 48.7 Å². The lowest BCUT2D eigenvalue weighted by molar-refractivity contribution is -0.138. The average Bonchev–Trinajstić information content (AvgIpc) is 3.62. The molecule has 53 heavy (non-hydrogen) atoms. The zero-order valence-electron chi connectivity index (χ0n) is 32.3. The maximum Gasteiger partial charge on any atom is 0.410 e. The summed E-state index contributed by atoms with van der Waals surface area (Å²) < 4.78 is 26.7. The summed E-state index contributed by atoms with van der Waals surface area (Å²) in [5, 5.41) is 13.1. The molecule has 4 aromatic rings. The van der Waals surface area contributed by atoms with Crippen LogP contribution in [-0.2, 0) is 20.9 Å². The molecule has 0 fully saturated rings. The van der Waals surface area contributed by atoms with Crippen LogP contribution in [0.15, 0.2) is 83.4 Å². The Balaban J connectivity index is 0.000000297. The number of rotatable bonds is 13. The largest absolute Gasteiger partial charge is 0.544 e. The van der Waals surface area contributed by atoms with Gasteiger partial charge in [0.15, 0.2) is 6.61 Å². The van der Waals surface area contributed by atoms with Crippen molar-refractivity contribution < 1.29 is 42.6 Å². The summed E-state index contributed by atoms with van der Waals surface area (Å²) in [5.41, 5.74) is 2.63. The van der Waals surface area contributed by atoms with Crippen LogP contribution in [0, 0.1) is 0 Å². The molecule has 1 N–H and O–H groups in total. The van der Waals surface area contributed by atoms with Crippen LogP contribution in [0.4, 0.5) is 9.59 Å². The number of aliphatic carboxylic acids is 1. The summed E-state index contributed by atoms with van der Waals surface area (Å²) in [6.07, 6.45) is -1.02. The quantitative estimate of drug-likeness (QED) is 0.131. The third-order valence-electron chi connectivity index (χ3n) is 9.16. The molecule has 2 amide bonds. The predicted molar refractivity (Wildman–Crippen MR) is 203 cm³/mol. The molecule has 3 aromatic carbocycles. The highest BCUT2D eigenvalue weighted by atomic mass is 28.4. The summed E-state index contributed by atoms with van der Waals surface area (Å²) in [7, 11) is 0.794. The molecule has 0 spiro atoms. The molecule has 1 heterocycles. The molecule has 1 aromatic heterocycles. The van der Waals surface area contributed by atoms with E-state index in [1.54, 1.807) is 36.1 Å². The van der Waals surface area contributed by atoms with Crippen molar-refractivity contribution in [2.45, 2.75) is 78.4 Å². The van der Waals surface area contributed by atoms with Crippen molar-refractivity contribution in [1.29, 1.82) is 0 Å². The van der Waals surface area contributed by atoms with Crippen molar-refractivity contribution in [3.8, 4) is 23.0 Å². The van der Waals surface area contributed by atoms with Gasteiger partial charge in [0.25, 0.3) is 5.89 Å². The fourth-order valence-electron chi connectivity index (χ4n) is 4.92. The first-order chi connectivity index (χ1) is 25.0. The minimum Gasteiger partial charge on any atom is -0.544 e. The van der Waals surface area contributed by atoms with E-state index in [1.165, 1.54) is 14.2 Å². The predicted octanol–water partition coefficient (Wildman–Crippen LogP) is 8.75. The van der Waals surface area contributed by atoms with E-state index < -0.39 is 33.0 Å². The first-order valence-corrected chi connectivity index (χ1v) is 20.2. The van der Waals surface area contributed by atoms with Crippen molar-refractivity contribution in [3.05, 3.63) is 95.8 Å². The Hall–Kier alpha value is -5.37. The Labute approximate surface area is 312 Å². The van der Waals surface area contributed by atoms with Gasteiger partial charge in [-0.1, -0.05) is 68.4 Å². The van der Waals surface area contributed by atoms with Gasteiger partial charge in [-0.3, -0.25) is 9.69 Å². The minimum atomic E-state index is -1.83.